The van der Waals surface area contributed by atoms with Crippen LogP contribution < -0.4 is 4.87 Å². The molecule has 0 spiro atoms. The highest BCUT2D eigenvalue weighted by molar-refractivity contribution is 7.07. The van der Waals surface area contributed by atoms with Crippen LogP contribution in [-0.4, -0.2) is 23.4 Å². The average molecular weight is 322 g/mol. The van der Waals surface area contributed by atoms with Gasteiger partial charge >= 0.3 is 5.97 Å². The number of carbonyl (C=O) groups is 2. The van der Waals surface area contributed by atoms with E-state index in [1.807, 2.05) is 0 Å². The minimum atomic E-state index is -0.636. The van der Waals surface area contributed by atoms with Gasteiger partial charge in [0.25, 0.3) is 16.5 Å². The summed E-state index contributed by atoms with van der Waals surface area (Å²) < 4.78 is 9.85. The molecule has 0 aliphatic rings. The highest BCUT2D eigenvalue weighted by Crippen LogP contribution is 2.12. The normalized spacial score (nSPS) is 11.2. The van der Waals surface area contributed by atoms with Crippen molar-refractivity contribution in [2.45, 2.75) is 6.92 Å². The highest BCUT2D eigenvalue weighted by Gasteiger charge is 2.12. The summed E-state index contributed by atoms with van der Waals surface area (Å²) in [6, 6.07) is 5.00. The van der Waals surface area contributed by atoms with Gasteiger partial charge in [0.15, 0.2) is 0 Å². The fourth-order valence-corrected chi connectivity index (χ4v) is 2.09. The summed E-state index contributed by atoms with van der Waals surface area (Å²) in [7, 11) is 0. The van der Waals surface area contributed by atoms with Crippen LogP contribution in [-0.2, 0) is 4.74 Å². The Morgan fingerprint density at radius 2 is 2.05 bits per heavy atom. The van der Waals surface area contributed by atoms with Crippen LogP contribution in [0.5, 0.6) is 0 Å². The van der Waals surface area contributed by atoms with Gasteiger partial charge in [0.05, 0.1) is 11.5 Å². The van der Waals surface area contributed by atoms with Crippen molar-refractivity contribution in [3.8, 4) is 0 Å². The van der Waals surface area contributed by atoms with Gasteiger partial charge in [-0.3, -0.25) is 14.9 Å². The predicted molar refractivity (Wildman–Crippen MR) is 75.5 cm³/mol. The molecular formula is C13H10N2O6S. The van der Waals surface area contributed by atoms with Gasteiger partial charge in [-0.25, -0.2) is 4.79 Å². The van der Waals surface area contributed by atoms with Crippen LogP contribution in [0.25, 0.3) is 0 Å². The number of non-ortho nitro benzene ring substituents is 1. The van der Waals surface area contributed by atoms with Crippen molar-refractivity contribution in [2.24, 2.45) is 4.99 Å². The molecule has 0 unspecified atom stereocenters. The number of rotatable bonds is 4. The molecule has 2 rings (SSSR count). The van der Waals surface area contributed by atoms with E-state index in [0.717, 1.165) is 11.3 Å². The Balaban J connectivity index is 2.20. The van der Waals surface area contributed by atoms with E-state index in [-0.39, 0.29) is 28.5 Å². The number of nitro benzene ring substituents is 1. The second-order valence-electron chi connectivity index (χ2n) is 3.91. The first-order chi connectivity index (χ1) is 10.5. The average Bonchev–Trinajstić information content (AvgIpc) is 2.96. The summed E-state index contributed by atoms with van der Waals surface area (Å²) in [5, 5.41) is 11.9. The molecule has 0 radical (unpaired) electrons. The second-order valence-corrected chi connectivity index (χ2v) is 4.73. The summed E-state index contributed by atoms with van der Waals surface area (Å²) in [5.41, 5.74) is 0.0499. The standard InChI is InChI=1S/C13H10N2O6S/c1-2-20-12(17)10-7-22-13(21-10)14-11(16)8-3-5-9(6-4-8)15(18)19/h3-7H,2H2,1H3. The molecule has 0 bridgehead atoms. The predicted octanol–water partition coefficient (Wildman–Crippen LogP) is 2.17. The first-order valence-electron chi connectivity index (χ1n) is 6.10. The fourth-order valence-electron chi connectivity index (χ4n) is 1.46. The molecule has 0 aliphatic heterocycles. The Morgan fingerprint density at radius 1 is 1.36 bits per heavy atom. The number of nitrogens with zero attached hydrogens (tertiary/aromatic N) is 2. The number of ether oxygens (including phenoxy) is 1. The largest absolute Gasteiger partial charge is 0.460 e. The molecule has 114 valence electrons. The van der Waals surface area contributed by atoms with Crippen LogP contribution in [0.4, 0.5) is 5.69 Å². The molecule has 0 saturated heterocycles. The van der Waals surface area contributed by atoms with E-state index in [4.69, 9.17) is 9.15 Å². The van der Waals surface area contributed by atoms with Gasteiger partial charge in [0.2, 0.25) is 5.76 Å². The zero-order valence-electron chi connectivity index (χ0n) is 11.3. The molecule has 0 saturated carbocycles. The van der Waals surface area contributed by atoms with Gasteiger partial charge in [-0.1, -0.05) is 11.3 Å². The zero-order valence-corrected chi connectivity index (χ0v) is 12.2. The lowest BCUT2D eigenvalue weighted by molar-refractivity contribution is -0.384. The number of carbonyl (C=O) groups excluding carboxylic acids is 2. The van der Waals surface area contributed by atoms with Crippen LogP contribution in [0.1, 0.15) is 27.8 Å². The first-order valence-corrected chi connectivity index (χ1v) is 6.98. The van der Waals surface area contributed by atoms with Crippen LogP contribution in [0.2, 0.25) is 0 Å². The Labute approximate surface area is 127 Å². The topological polar surface area (TPSA) is 112 Å². The van der Waals surface area contributed by atoms with Crippen LogP contribution >= 0.6 is 11.3 Å². The molecule has 22 heavy (non-hydrogen) atoms. The number of nitro groups is 1. The van der Waals surface area contributed by atoms with Crippen molar-refractivity contribution < 1.29 is 23.7 Å². The smallest absolute Gasteiger partial charge is 0.375 e. The maximum absolute atomic E-state index is 11.9. The summed E-state index contributed by atoms with van der Waals surface area (Å²) in [5.74, 6) is -1.30. The number of benzene rings is 1. The molecular weight excluding hydrogens is 312 g/mol. The Morgan fingerprint density at radius 3 is 2.64 bits per heavy atom. The maximum atomic E-state index is 11.9. The third-order valence-electron chi connectivity index (χ3n) is 2.46. The molecule has 2 aromatic rings. The van der Waals surface area contributed by atoms with Crippen LogP contribution in [0.3, 0.4) is 0 Å². The minimum Gasteiger partial charge on any atom is -0.460 e. The van der Waals surface area contributed by atoms with Gasteiger partial charge in [-0.05, 0) is 19.1 Å². The van der Waals surface area contributed by atoms with Crippen molar-refractivity contribution in [1.82, 2.24) is 0 Å². The van der Waals surface area contributed by atoms with Crippen molar-refractivity contribution in [3.63, 3.8) is 0 Å². The van der Waals surface area contributed by atoms with Gasteiger partial charge < -0.3 is 9.15 Å². The Bertz CT molecular complexity index is 774. The molecule has 1 aromatic carbocycles. The van der Waals surface area contributed by atoms with E-state index in [9.17, 15) is 19.7 Å². The van der Waals surface area contributed by atoms with Gasteiger partial charge in [0, 0.05) is 23.1 Å². The monoisotopic (exact) mass is 322 g/mol. The second kappa shape index (κ2) is 6.76. The van der Waals surface area contributed by atoms with Gasteiger partial charge in [0.1, 0.15) is 0 Å². The lowest BCUT2D eigenvalue weighted by Gasteiger charge is -1.95. The van der Waals surface area contributed by atoms with Crippen molar-refractivity contribution >= 4 is 28.9 Å². The SMILES string of the molecule is CCOC(=O)c1csc(=NC(=O)c2ccc([N+](=O)[O-])cc2)o1. The lowest BCUT2D eigenvalue weighted by atomic mass is 10.2. The zero-order chi connectivity index (χ0) is 16.1. The minimum absolute atomic E-state index is 0.00796. The van der Waals surface area contributed by atoms with E-state index in [1.165, 1.54) is 29.6 Å². The molecule has 0 N–H and O–H groups in total. The van der Waals surface area contributed by atoms with Crippen molar-refractivity contribution in [3.05, 3.63) is 56.0 Å². The van der Waals surface area contributed by atoms with Crippen LogP contribution in [0.15, 0.2) is 39.1 Å². The number of amides is 1. The molecule has 0 aliphatic carbocycles. The third kappa shape index (κ3) is 3.64. The summed E-state index contributed by atoms with van der Waals surface area (Å²) in [4.78, 5) is 37.0. The van der Waals surface area contributed by atoms with E-state index in [2.05, 4.69) is 4.99 Å². The number of esters is 1. The van der Waals surface area contributed by atoms with Crippen molar-refractivity contribution in [1.29, 1.82) is 0 Å². The molecule has 1 aromatic heterocycles. The molecule has 9 heteroatoms. The molecule has 0 atom stereocenters. The van der Waals surface area contributed by atoms with E-state index in [0.29, 0.717) is 0 Å². The molecule has 0 fully saturated rings. The fraction of sp³-hybridized carbons (Fsp3) is 0.154. The third-order valence-corrected chi connectivity index (χ3v) is 3.17. The number of hydrogen-bond donors (Lipinski definition) is 0. The lowest BCUT2D eigenvalue weighted by Crippen LogP contribution is -2.05. The highest BCUT2D eigenvalue weighted by atomic mass is 32.1. The van der Waals surface area contributed by atoms with Crippen LogP contribution in [0, 0.1) is 10.1 Å². The van der Waals surface area contributed by atoms with Gasteiger partial charge in [-0.2, -0.15) is 4.99 Å². The molecule has 8 nitrogen and oxygen atoms in total. The Hall–Kier alpha value is -2.81. The molecule has 1 heterocycles. The first kappa shape index (κ1) is 15.6. The Kier molecular flexibility index (Phi) is 4.79. The van der Waals surface area contributed by atoms with E-state index >= 15 is 0 Å². The van der Waals surface area contributed by atoms with Gasteiger partial charge in [-0.15, -0.1) is 0 Å². The molecule has 1 amide bonds. The van der Waals surface area contributed by atoms with E-state index < -0.39 is 16.8 Å². The summed E-state index contributed by atoms with van der Waals surface area (Å²) in [6.45, 7) is 1.87. The van der Waals surface area contributed by atoms with E-state index in [1.54, 1.807) is 6.92 Å². The number of hydrogen-bond acceptors (Lipinski definition) is 7. The quantitative estimate of drug-likeness (QED) is 0.484. The summed E-state index contributed by atoms with van der Waals surface area (Å²) in [6.07, 6.45) is 0. The van der Waals surface area contributed by atoms with Crippen molar-refractivity contribution in [2.75, 3.05) is 6.61 Å². The summed E-state index contributed by atoms with van der Waals surface area (Å²) >= 11 is 0.972. The maximum Gasteiger partial charge on any atom is 0.375 e.